The molecule has 144 valence electrons. The van der Waals surface area contributed by atoms with Crippen molar-refractivity contribution in [1.82, 2.24) is 0 Å². The number of hydrogen-bond donors (Lipinski definition) is 2. The first-order valence-electron chi connectivity index (χ1n) is 8.18. The highest BCUT2D eigenvalue weighted by atomic mass is 79.9. The van der Waals surface area contributed by atoms with Gasteiger partial charge in [-0.25, -0.2) is 4.79 Å². The number of phenols is 1. The topological polar surface area (TPSA) is 88.4 Å². The van der Waals surface area contributed by atoms with Crippen molar-refractivity contribution >= 4 is 44.0 Å². The Kier molecular flexibility index (Phi) is 7.67. The van der Waals surface area contributed by atoms with E-state index in [0.29, 0.717) is 26.0 Å². The highest BCUT2D eigenvalue weighted by molar-refractivity contribution is 9.11. The number of oxime groups is 1. The standard InChI is InChI=1S/C19H19Br2NO5/c1-3-11(2)14-8-13(4-5-17(14)23)27-19-15(20)6-12(7-16(19)21)9-22-26-10-18(24)25/h4-9,11,23H,3,10H2,1-2H3,(H,24,25)/b22-9+. The molecule has 2 aromatic rings. The predicted molar refractivity (Wildman–Crippen MR) is 110 cm³/mol. The Hall–Kier alpha value is -2.06. The van der Waals surface area contributed by atoms with Crippen molar-refractivity contribution in [2.45, 2.75) is 26.2 Å². The number of carboxylic acids is 1. The average molecular weight is 501 g/mol. The van der Waals surface area contributed by atoms with Crippen LogP contribution in [0.3, 0.4) is 0 Å². The number of carboxylic acid groups (broad SMARTS) is 1. The molecular formula is C19H19Br2NO5. The highest BCUT2D eigenvalue weighted by Gasteiger charge is 2.13. The van der Waals surface area contributed by atoms with Crippen molar-refractivity contribution in [2.24, 2.45) is 5.16 Å². The molecule has 2 aromatic carbocycles. The summed E-state index contributed by atoms with van der Waals surface area (Å²) in [6.07, 6.45) is 2.31. The first-order chi connectivity index (χ1) is 12.8. The van der Waals surface area contributed by atoms with Crippen LogP contribution in [0, 0.1) is 0 Å². The van der Waals surface area contributed by atoms with Crippen LogP contribution in [0.4, 0.5) is 0 Å². The average Bonchev–Trinajstić information content (AvgIpc) is 2.62. The zero-order valence-electron chi connectivity index (χ0n) is 14.8. The van der Waals surface area contributed by atoms with Crippen molar-refractivity contribution in [1.29, 1.82) is 0 Å². The molecule has 27 heavy (non-hydrogen) atoms. The molecule has 2 N–H and O–H groups in total. The first-order valence-corrected chi connectivity index (χ1v) is 9.77. The van der Waals surface area contributed by atoms with Crippen molar-refractivity contribution in [3.05, 3.63) is 50.4 Å². The summed E-state index contributed by atoms with van der Waals surface area (Å²) in [5.74, 6) is 0.548. The zero-order chi connectivity index (χ0) is 20.0. The van der Waals surface area contributed by atoms with Crippen molar-refractivity contribution < 1.29 is 24.6 Å². The predicted octanol–water partition coefficient (Wildman–Crippen LogP) is 5.66. The SMILES string of the molecule is CCC(C)c1cc(Oc2c(Br)cc(/C=N/OCC(=O)O)cc2Br)ccc1O. The van der Waals surface area contributed by atoms with Gasteiger partial charge in [0.2, 0.25) is 6.61 Å². The van der Waals surface area contributed by atoms with Crippen molar-refractivity contribution in [2.75, 3.05) is 6.61 Å². The van der Waals surface area contributed by atoms with Crippen LogP contribution in [0.1, 0.15) is 37.3 Å². The Balaban J connectivity index is 2.21. The van der Waals surface area contributed by atoms with Gasteiger partial charge in [-0.3, -0.25) is 0 Å². The molecule has 0 fully saturated rings. The number of halogens is 2. The Morgan fingerprint density at radius 2 is 1.93 bits per heavy atom. The fraction of sp³-hybridized carbons (Fsp3) is 0.263. The third-order valence-corrected chi connectivity index (χ3v) is 5.03. The lowest BCUT2D eigenvalue weighted by Gasteiger charge is -2.15. The summed E-state index contributed by atoms with van der Waals surface area (Å²) in [7, 11) is 0. The maximum Gasteiger partial charge on any atom is 0.344 e. The molecule has 0 saturated heterocycles. The second-order valence-corrected chi connectivity index (χ2v) is 7.56. The van der Waals surface area contributed by atoms with Crippen LogP contribution in [-0.2, 0) is 9.63 Å². The fourth-order valence-corrected chi connectivity index (χ4v) is 3.65. The second kappa shape index (κ2) is 9.75. The summed E-state index contributed by atoms with van der Waals surface area (Å²) in [5.41, 5.74) is 1.53. The Labute approximate surface area is 174 Å². The summed E-state index contributed by atoms with van der Waals surface area (Å²) >= 11 is 6.92. The third-order valence-electron chi connectivity index (χ3n) is 3.85. The number of benzene rings is 2. The lowest BCUT2D eigenvalue weighted by Crippen LogP contribution is -2.03. The molecule has 0 heterocycles. The number of phenolic OH excluding ortho intramolecular Hbond substituents is 1. The lowest BCUT2D eigenvalue weighted by molar-refractivity contribution is -0.142. The number of nitrogens with zero attached hydrogens (tertiary/aromatic N) is 1. The number of hydrogen-bond acceptors (Lipinski definition) is 5. The molecule has 0 radical (unpaired) electrons. The Bertz CT molecular complexity index is 831. The Morgan fingerprint density at radius 3 is 2.52 bits per heavy atom. The quantitative estimate of drug-likeness (QED) is 0.360. The van der Waals surface area contributed by atoms with Crippen LogP contribution >= 0.6 is 31.9 Å². The molecule has 0 spiro atoms. The molecule has 2 rings (SSSR count). The van der Waals surface area contributed by atoms with Crippen LogP contribution in [0.2, 0.25) is 0 Å². The van der Waals surface area contributed by atoms with Crippen molar-refractivity contribution in [3.8, 4) is 17.2 Å². The van der Waals surface area contributed by atoms with Crippen LogP contribution < -0.4 is 4.74 Å². The van der Waals surface area contributed by atoms with Crippen LogP contribution in [0.25, 0.3) is 0 Å². The van der Waals surface area contributed by atoms with Gasteiger partial charge in [-0.05, 0) is 80.1 Å². The third kappa shape index (κ3) is 5.97. The number of aromatic hydroxyl groups is 1. The minimum absolute atomic E-state index is 0.213. The van der Waals surface area contributed by atoms with Gasteiger partial charge in [0.25, 0.3) is 0 Å². The van der Waals surface area contributed by atoms with E-state index in [-0.39, 0.29) is 11.7 Å². The summed E-state index contributed by atoms with van der Waals surface area (Å²) < 4.78 is 7.34. The van der Waals surface area contributed by atoms with Gasteiger partial charge in [0.1, 0.15) is 11.5 Å². The van der Waals surface area contributed by atoms with E-state index in [4.69, 9.17) is 9.84 Å². The van der Waals surface area contributed by atoms with E-state index in [1.165, 1.54) is 6.21 Å². The molecule has 0 saturated carbocycles. The monoisotopic (exact) mass is 499 g/mol. The van der Waals surface area contributed by atoms with E-state index >= 15 is 0 Å². The number of rotatable bonds is 8. The minimum Gasteiger partial charge on any atom is -0.508 e. The van der Waals surface area contributed by atoms with Gasteiger partial charge in [-0.2, -0.15) is 0 Å². The number of ether oxygens (including phenoxy) is 1. The summed E-state index contributed by atoms with van der Waals surface area (Å²) in [4.78, 5) is 15.0. The summed E-state index contributed by atoms with van der Waals surface area (Å²) in [5, 5.41) is 22.2. The molecule has 8 heteroatoms. The normalized spacial score (nSPS) is 12.1. The highest BCUT2D eigenvalue weighted by Crippen LogP contribution is 2.39. The second-order valence-electron chi connectivity index (χ2n) is 5.85. The molecule has 0 aliphatic rings. The summed E-state index contributed by atoms with van der Waals surface area (Å²) in [6, 6.07) is 8.69. The summed E-state index contributed by atoms with van der Waals surface area (Å²) in [6.45, 7) is 3.61. The molecular weight excluding hydrogens is 482 g/mol. The van der Waals surface area contributed by atoms with Gasteiger partial charge in [0.15, 0.2) is 5.75 Å². The lowest BCUT2D eigenvalue weighted by atomic mass is 9.97. The molecule has 0 aliphatic heterocycles. The fourth-order valence-electron chi connectivity index (χ4n) is 2.27. The molecule has 0 bridgehead atoms. The maximum atomic E-state index is 10.4. The van der Waals surface area contributed by atoms with Gasteiger partial charge in [-0.1, -0.05) is 19.0 Å². The van der Waals surface area contributed by atoms with Gasteiger partial charge >= 0.3 is 5.97 Å². The van der Waals surface area contributed by atoms with Crippen molar-refractivity contribution in [3.63, 3.8) is 0 Å². The van der Waals surface area contributed by atoms with E-state index in [1.807, 2.05) is 13.0 Å². The van der Waals surface area contributed by atoms with Gasteiger partial charge in [0.05, 0.1) is 15.2 Å². The molecule has 1 unspecified atom stereocenters. The first kappa shape index (κ1) is 21.2. The van der Waals surface area contributed by atoms with E-state index < -0.39 is 12.6 Å². The Morgan fingerprint density at radius 1 is 1.26 bits per heavy atom. The molecule has 0 aliphatic carbocycles. The largest absolute Gasteiger partial charge is 0.508 e. The van der Waals surface area contributed by atoms with E-state index in [9.17, 15) is 9.90 Å². The molecule has 0 aromatic heterocycles. The maximum absolute atomic E-state index is 10.4. The smallest absolute Gasteiger partial charge is 0.344 e. The minimum atomic E-state index is -1.09. The number of carbonyl (C=O) groups is 1. The van der Waals surface area contributed by atoms with E-state index in [2.05, 4.69) is 48.8 Å². The van der Waals surface area contributed by atoms with E-state index in [1.54, 1.807) is 24.3 Å². The van der Waals surface area contributed by atoms with Crippen LogP contribution in [0.5, 0.6) is 17.2 Å². The molecule has 0 amide bonds. The van der Waals surface area contributed by atoms with Gasteiger partial charge < -0.3 is 19.8 Å². The van der Waals surface area contributed by atoms with Gasteiger partial charge in [-0.15, -0.1) is 0 Å². The van der Waals surface area contributed by atoms with Crippen LogP contribution in [-0.4, -0.2) is 29.0 Å². The number of aliphatic carboxylic acids is 1. The van der Waals surface area contributed by atoms with E-state index in [0.717, 1.165) is 12.0 Å². The zero-order valence-corrected chi connectivity index (χ0v) is 17.9. The molecule has 6 nitrogen and oxygen atoms in total. The molecule has 1 atom stereocenters. The van der Waals surface area contributed by atoms with Gasteiger partial charge in [0, 0.05) is 5.56 Å². The van der Waals surface area contributed by atoms with Crippen LogP contribution in [0.15, 0.2) is 44.4 Å².